The maximum absolute atomic E-state index is 11.8. The summed E-state index contributed by atoms with van der Waals surface area (Å²) in [5.41, 5.74) is -0.599. The van der Waals surface area contributed by atoms with Crippen LogP contribution in [0.15, 0.2) is 5.10 Å². The van der Waals surface area contributed by atoms with Crippen molar-refractivity contribution in [1.29, 1.82) is 0 Å². The van der Waals surface area contributed by atoms with Gasteiger partial charge in [0, 0.05) is 6.54 Å². The van der Waals surface area contributed by atoms with E-state index in [1.807, 2.05) is 6.92 Å². The highest BCUT2D eigenvalue weighted by atomic mass is 32.2. The van der Waals surface area contributed by atoms with E-state index in [0.717, 1.165) is 12.7 Å². The van der Waals surface area contributed by atoms with Gasteiger partial charge in [-0.3, -0.25) is 0 Å². The maximum Gasteiger partial charge on any atom is 0.338 e. The van der Waals surface area contributed by atoms with Crippen molar-refractivity contribution >= 4 is 22.0 Å². The first-order chi connectivity index (χ1) is 8.15. The Hall–Kier alpha value is -1.31. The van der Waals surface area contributed by atoms with E-state index in [-0.39, 0.29) is 18.3 Å². The van der Waals surface area contributed by atoms with Crippen molar-refractivity contribution in [3.63, 3.8) is 0 Å². The van der Waals surface area contributed by atoms with Crippen LogP contribution in [-0.2, 0) is 14.3 Å². The molecule has 0 fully saturated rings. The van der Waals surface area contributed by atoms with Crippen molar-refractivity contribution in [3.8, 4) is 0 Å². The fourth-order valence-electron chi connectivity index (χ4n) is 1.58. The number of carbonyl (C=O) groups excluding carboxylic acids is 1. The Bertz CT molecular complexity index is 456. The molecule has 0 atom stereocenters. The van der Waals surface area contributed by atoms with Gasteiger partial charge in [-0.15, -0.1) is 5.10 Å². The molecule has 0 radical (unpaired) electrons. The maximum atomic E-state index is 11.8. The second-order valence-corrected chi connectivity index (χ2v) is 6.39. The Morgan fingerprint density at radius 2 is 2.17 bits per heavy atom. The normalized spacial score (nSPS) is 18.4. The van der Waals surface area contributed by atoms with E-state index in [1.54, 1.807) is 13.8 Å². The average Bonchev–Trinajstić information content (AvgIpc) is 2.47. The van der Waals surface area contributed by atoms with Gasteiger partial charge in [0.1, 0.15) is 0 Å². The van der Waals surface area contributed by atoms with E-state index >= 15 is 0 Å². The molecule has 104 valence electrons. The highest BCUT2D eigenvalue weighted by Crippen LogP contribution is 2.27. The van der Waals surface area contributed by atoms with Gasteiger partial charge in [0.25, 0.3) is 0 Å². The molecule has 0 saturated heterocycles. The lowest BCUT2D eigenvalue weighted by Gasteiger charge is -2.27. The number of rotatable bonds is 3. The molecular formula is C10H19N3O4S. The largest absolute Gasteiger partial charge is 0.365 e. The molecule has 1 N–H and O–H groups in total. The summed E-state index contributed by atoms with van der Waals surface area (Å²) in [6.45, 7) is 6.07. The van der Waals surface area contributed by atoms with Crippen LogP contribution in [0.2, 0.25) is 0 Å². The molecule has 0 aromatic carbocycles. The van der Waals surface area contributed by atoms with Gasteiger partial charge >= 0.3 is 16.1 Å². The lowest BCUT2D eigenvalue weighted by molar-refractivity contribution is 0.154. The standard InChI is InChI=1S/C10H19N3O4S/c1-5-6-11-9(14)13-10(2,3)7-8(12-13)17-18(4,15)16/h5-7H2,1-4H3,(H,11,14). The predicted octanol–water partition coefficient (Wildman–Crippen LogP) is 0.880. The number of hydrogen-bond donors (Lipinski definition) is 1. The summed E-state index contributed by atoms with van der Waals surface area (Å²) in [5.74, 6) is 0.0362. The van der Waals surface area contributed by atoms with Gasteiger partial charge in [0.2, 0.25) is 5.90 Å². The summed E-state index contributed by atoms with van der Waals surface area (Å²) < 4.78 is 26.8. The Labute approximate surface area is 107 Å². The van der Waals surface area contributed by atoms with Crippen LogP contribution in [0.3, 0.4) is 0 Å². The number of hydrogen-bond acceptors (Lipinski definition) is 5. The molecule has 1 aliphatic heterocycles. The molecule has 0 unspecified atom stereocenters. The van der Waals surface area contributed by atoms with E-state index in [1.165, 1.54) is 5.01 Å². The van der Waals surface area contributed by atoms with Gasteiger partial charge in [0.15, 0.2) is 0 Å². The van der Waals surface area contributed by atoms with Crippen LogP contribution in [0.4, 0.5) is 4.79 Å². The monoisotopic (exact) mass is 277 g/mol. The molecule has 0 aliphatic carbocycles. The minimum absolute atomic E-state index is 0.0362. The van der Waals surface area contributed by atoms with Crippen LogP contribution < -0.4 is 5.32 Å². The summed E-state index contributed by atoms with van der Waals surface area (Å²) in [4.78, 5) is 11.8. The Morgan fingerprint density at radius 1 is 1.56 bits per heavy atom. The summed E-state index contributed by atoms with van der Waals surface area (Å²) >= 11 is 0. The number of carbonyl (C=O) groups is 1. The summed E-state index contributed by atoms with van der Waals surface area (Å²) in [5, 5.41) is 7.83. The van der Waals surface area contributed by atoms with E-state index in [0.29, 0.717) is 6.54 Å². The van der Waals surface area contributed by atoms with Gasteiger partial charge in [-0.25, -0.2) is 9.80 Å². The molecule has 1 rings (SSSR count). The minimum Gasteiger partial charge on any atom is -0.365 e. The molecule has 0 bridgehead atoms. The Morgan fingerprint density at radius 3 is 2.67 bits per heavy atom. The zero-order chi connectivity index (χ0) is 14.0. The van der Waals surface area contributed by atoms with E-state index < -0.39 is 15.7 Å². The lowest BCUT2D eigenvalue weighted by Crippen LogP contribution is -2.46. The summed E-state index contributed by atoms with van der Waals surface area (Å²) in [7, 11) is -3.61. The SMILES string of the molecule is CCCNC(=O)N1N=C(OS(C)(=O)=O)CC1(C)C. The smallest absolute Gasteiger partial charge is 0.338 e. The van der Waals surface area contributed by atoms with Gasteiger partial charge in [0.05, 0.1) is 18.2 Å². The first kappa shape index (κ1) is 14.7. The van der Waals surface area contributed by atoms with Crippen molar-refractivity contribution in [2.45, 2.75) is 39.2 Å². The average molecular weight is 277 g/mol. The number of nitrogens with zero attached hydrogens (tertiary/aromatic N) is 2. The predicted molar refractivity (Wildman–Crippen MR) is 67.6 cm³/mol. The number of hydrazone groups is 1. The molecule has 8 heteroatoms. The van der Waals surface area contributed by atoms with E-state index in [4.69, 9.17) is 4.18 Å². The highest BCUT2D eigenvalue weighted by Gasteiger charge is 2.40. The Balaban J connectivity index is 2.80. The zero-order valence-electron chi connectivity index (χ0n) is 11.1. The first-order valence-corrected chi connectivity index (χ1v) is 7.52. The van der Waals surface area contributed by atoms with Crippen LogP contribution in [0.25, 0.3) is 0 Å². The van der Waals surface area contributed by atoms with Gasteiger partial charge in [-0.1, -0.05) is 6.92 Å². The molecular weight excluding hydrogens is 258 g/mol. The van der Waals surface area contributed by atoms with Crippen molar-refractivity contribution in [1.82, 2.24) is 10.3 Å². The third kappa shape index (κ3) is 3.86. The van der Waals surface area contributed by atoms with Crippen LogP contribution in [0.1, 0.15) is 33.6 Å². The molecule has 1 heterocycles. The van der Waals surface area contributed by atoms with Crippen molar-refractivity contribution in [2.24, 2.45) is 5.10 Å². The molecule has 2 amide bonds. The van der Waals surface area contributed by atoms with Crippen LogP contribution in [0, 0.1) is 0 Å². The molecule has 0 aromatic heterocycles. The van der Waals surface area contributed by atoms with Gasteiger partial charge < -0.3 is 9.50 Å². The van der Waals surface area contributed by atoms with Gasteiger partial charge in [-0.05, 0) is 20.3 Å². The highest BCUT2D eigenvalue weighted by molar-refractivity contribution is 7.86. The lowest BCUT2D eigenvalue weighted by atomic mass is 10.0. The van der Waals surface area contributed by atoms with Crippen LogP contribution >= 0.6 is 0 Å². The van der Waals surface area contributed by atoms with Crippen LogP contribution in [-0.4, -0.2) is 43.7 Å². The van der Waals surface area contributed by atoms with E-state index in [9.17, 15) is 13.2 Å². The van der Waals surface area contributed by atoms with Crippen molar-refractivity contribution in [3.05, 3.63) is 0 Å². The van der Waals surface area contributed by atoms with Crippen molar-refractivity contribution < 1.29 is 17.4 Å². The third-order valence-electron chi connectivity index (χ3n) is 2.33. The quantitative estimate of drug-likeness (QED) is 0.776. The minimum atomic E-state index is -3.61. The van der Waals surface area contributed by atoms with E-state index in [2.05, 4.69) is 10.4 Å². The zero-order valence-corrected chi connectivity index (χ0v) is 11.9. The Kier molecular flexibility index (Phi) is 4.20. The molecule has 0 aromatic rings. The fraction of sp³-hybridized carbons (Fsp3) is 0.800. The molecule has 18 heavy (non-hydrogen) atoms. The van der Waals surface area contributed by atoms with Gasteiger partial charge in [-0.2, -0.15) is 8.42 Å². The second-order valence-electron chi connectivity index (χ2n) is 4.81. The topological polar surface area (TPSA) is 88.1 Å². The second kappa shape index (κ2) is 5.13. The molecule has 0 saturated carbocycles. The number of nitrogens with one attached hydrogen (secondary N) is 1. The molecule has 0 spiro atoms. The number of urea groups is 1. The molecule has 7 nitrogen and oxygen atoms in total. The van der Waals surface area contributed by atoms with Crippen LogP contribution in [0.5, 0.6) is 0 Å². The molecule has 1 aliphatic rings. The third-order valence-corrected chi connectivity index (χ3v) is 2.83. The first-order valence-electron chi connectivity index (χ1n) is 5.71. The summed E-state index contributed by atoms with van der Waals surface area (Å²) in [6, 6.07) is -0.353. The summed E-state index contributed by atoms with van der Waals surface area (Å²) in [6.07, 6.45) is 2.03. The number of amides is 2. The van der Waals surface area contributed by atoms with Crippen molar-refractivity contribution in [2.75, 3.05) is 12.8 Å². The fourth-order valence-corrected chi connectivity index (χ4v) is 2.02.